The molecule has 3 aromatic rings. The molecule has 0 fully saturated rings. The second kappa shape index (κ2) is 6.24. The number of rotatable bonds is 4. The first-order chi connectivity index (χ1) is 10.6. The highest BCUT2D eigenvalue weighted by atomic mass is 31.2. The largest absolute Gasteiger partial charge is 0.274 e. The Morgan fingerprint density at radius 3 is 2.27 bits per heavy atom. The van der Waals surface area contributed by atoms with Crippen molar-refractivity contribution in [3.63, 3.8) is 0 Å². The molecule has 3 heteroatoms. The van der Waals surface area contributed by atoms with Crippen molar-refractivity contribution in [1.82, 2.24) is 5.09 Å². The van der Waals surface area contributed by atoms with E-state index in [9.17, 15) is 0 Å². The Hall–Kier alpha value is -1.63. The average molecular weight is 304 g/mol. The Balaban J connectivity index is 1.92. The van der Waals surface area contributed by atoms with Crippen LogP contribution in [0, 0.1) is 0 Å². The average Bonchev–Trinajstić information content (AvgIpc) is 2.54. The van der Waals surface area contributed by atoms with Gasteiger partial charge in [-0.1, -0.05) is 60.7 Å². The SMILES string of the molecule is [B-][P+](C)(N[C@@H](C)c1cccc2ccccc12)c1ccccc1. The number of hydrogen-bond acceptors (Lipinski definition) is 1. The van der Waals surface area contributed by atoms with Gasteiger partial charge >= 0.3 is 0 Å². The summed E-state index contributed by atoms with van der Waals surface area (Å²) in [5, 5.41) is 7.42. The van der Waals surface area contributed by atoms with Crippen molar-refractivity contribution in [3.05, 3.63) is 78.4 Å². The van der Waals surface area contributed by atoms with Gasteiger partial charge in [-0.05, 0) is 35.4 Å². The van der Waals surface area contributed by atoms with Gasteiger partial charge in [0.1, 0.15) is 0 Å². The van der Waals surface area contributed by atoms with Gasteiger partial charge in [-0.3, -0.25) is 7.57 Å². The van der Waals surface area contributed by atoms with E-state index in [-0.39, 0.29) is 6.04 Å². The fourth-order valence-corrected chi connectivity index (χ4v) is 4.80. The molecule has 0 aliphatic heterocycles. The van der Waals surface area contributed by atoms with E-state index in [0.717, 1.165) is 0 Å². The summed E-state index contributed by atoms with van der Waals surface area (Å²) in [4.78, 5) is 0. The quantitative estimate of drug-likeness (QED) is 0.554. The summed E-state index contributed by atoms with van der Waals surface area (Å²) in [6.45, 7) is 4.32. The third kappa shape index (κ3) is 3.09. The zero-order valence-electron chi connectivity index (χ0n) is 13.0. The van der Waals surface area contributed by atoms with Gasteiger partial charge in [-0.25, -0.2) is 5.09 Å². The Bertz CT molecular complexity index is 765. The normalized spacial score (nSPS) is 15.4. The van der Waals surface area contributed by atoms with E-state index in [1.165, 1.54) is 21.6 Å². The fourth-order valence-electron chi connectivity index (χ4n) is 2.91. The first-order valence-corrected chi connectivity index (χ1v) is 9.84. The summed E-state index contributed by atoms with van der Waals surface area (Å²) < 4.78 is 0. The maximum Gasteiger partial charge on any atom is 0.0594 e. The molecule has 0 bridgehead atoms. The molecule has 0 aromatic heterocycles. The molecule has 0 spiro atoms. The summed E-state index contributed by atoms with van der Waals surface area (Å²) in [7, 11) is 4.78. The van der Waals surface area contributed by atoms with Crippen molar-refractivity contribution < 1.29 is 0 Å². The minimum absolute atomic E-state index is 0.203. The molecule has 0 amide bonds. The lowest BCUT2D eigenvalue weighted by molar-refractivity contribution is 0.752. The van der Waals surface area contributed by atoms with E-state index in [1.54, 1.807) is 0 Å². The van der Waals surface area contributed by atoms with E-state index < -0.39 is 7.29 Å². The van der Waals surface area contributed by atoms with Crippen LogP contribution in [0.4, 0.5) is 0 Å². The summed E-state index contributed by atoms with van der Waals surface area (Å²) in [6.07, 6.45) is 0. The molecule has 0 aliphatic carbocycles. The van der Waals surface area contributed by atoms with Gasteiger partial charge < -0.3 is 0 Å². The summed E-state index contributed by atoms with van der Waals surface area (Å²) in [5.41, 5.74) is 1.30. The summed E-state index contributed by atoms with van der Waals surface area (Å²) >= 11 is 0. The topological polar surface area (TPSA) is 12.0 Å². The minimum Gasteiger partial charge on any atom is -0.274 e. The van der Waals surface area contributed by atoms with Crippen molar-refractivity contribution in [2.75, 3.05) is 6.66 Å². The molecular formula is C19H20BNP. The minimum atomic E-state index is -1.84. The molecular weight excluding hydrogens is 284 g/mol. The zero-order chi connectivity index (χ0) is 15.6. The van der Waals surface area contributed by atoms with Crippen molar-refractivity contribution in [2.24, 2.45) is 0 Å². The Morgan fingerprint density at radius 1 is 0.864 bits per heavy atom. The molecule has 3 aromatic carbocycles. The first-order valence-electron chi connectivity index (χ1n) is 7.54. The first kappa shape index (κ1) is 15.3. The summed E-state index contributed by atoms with van der Waals surface area (Å²) in [6, 6.07) is 25.5. The Morgan fingerprint density at radius 2 is 1.50 bits per heavy atom. The third-order valence-electron chi connectivity index (χ3n) is 4.04. The predicted octanol–water partition coefficient (Wildman–Crippen LogP) is 4.46. The Labute approximate surface area is 134 Å². The Kier molecular flexibility index (Phi) is 4.33. The van der Waals surface area contributed by atoms with Crippen LogP contribution < -0.4 is 10.4 Å². The fraction of sp³-hybridized carbons (Fsp3) is 0.158. The van der Waals surface area contributed by atoms with Gasteiger partial charge in [0.05, 0.1) is 11.3 Å². The van der Waals surface area contributed by atoms with Crippen LogP contribution in [0.3, 0.4) is 0 Å². The van der Waals surface area contributed by atoms with Crippen LogP contribution in [0.5, 0.6) is 0 Å². The highest BCUT2D eigenvalue weighted by molar-refractivity contribution is 8.01. The van der Waals surface area contributed by atoms with Gasteiger partial charge in [-0.2, -0.15) is 7.29 Å². The lowest BCUT2D eigenvalue weighted by Gasteiger charge is -2.36. The van der Waals surface area contributed by atoms with E-state index in [0.29, 0.717) is 0 Å². The second-order valence-corrected chi connectivity index (χ2v) is 8.76. The molecule has 2 atom stereocenters. The standard InChI is InChI=1S/C19H20BNP/c1-15(21-22(2,20)17-11-4-3-5-12-17)18-14-8-10-16-9-6-7-13-19(16)18/h3-15,21H,1-2H3/t15-,22?/m0/s1. The van der Waals surface area contributed by atoms with Crippen LogP contribution in [0.25, 0.3) is 10.8 Å². The molecule has 0 heterocycles. The lowest BCUT2D eigenvalue weighted by Crippen LogP contribution is -2.27. The van der Waals surface area contributed by atoms with Crippen LogP contribution in [-0.2, 0) is 0 Å². The highest BCUT2D eigenvalue weighted by Gasteiger charge is 2.20. The summed E-state index contributed by atoms with van der Waals surface area (Å²) in [5.74, 6) is 0. The van der Waals surface area contributed by atoms with Crippen molar-refractivity contribution in [3.8, 4) is 0 Å². The van der Waals surface area contributed by atoms with Gasteiger partial charge in [-0.15, -0.1) is 0 Å². The molecule has 3 radical (unpaired) electrons. The lowest BCUT2D eigenvalue weighted by atomic mass is 10.0. The molecule has 109 valence electrons. The maximum atomic E-state index is 6.62. The monoisotopic (exact) mass is 304 g/mol. The van der Waals surface area contributed by atoms with E-state index in [2.05, 4.69) is 73.3 Å². The predicted molar refractivity (Wildman–Crippen MR) is 100 cm³/mol. The van der Waals surface area contributed by atoms with Gasteiger partial charge in [0.25, 0.3) is 0 Å². The van der Waals surface area contributed by atoms with E-state index in [1.807, 2.05) is 18.2 Å². The second-order valence-electron chi connectivity index (χ2n) is 5.83. The van der Waals surface area contributed by atoms with Crippen LogP contribution in [0.15, 0.2) is 72.8 Å². The number of fused-ring (bicyclic) bond motifs is 1. The van der Waals surface area contributed by atoms with Gasteiger partial charge in [0.2, 0.25) is 0 Å². The van der Waals surface area contributed by atoms with Crippen LogP contribution in [0.2, 0.25) is 0 Å². The molecule has 1 unspecified atom stereocenters. The van der Waals surface area contributed by atoms with E-state index >= 15 is 0 Å². The number of benzene rings is 3. The van der Waals surface area contributed by atoms with Gasteiger partial charge in [0.15, 0.2) is 0 Å². The molecule has 1 N–H and O–H groups in total. The van der Waals surface area contributed by atoms with Gasteiger partial charge in [0, 0.05) is 6.66 Å². The molecule has 3 rings (SSSR count). The number of hydrogen-bond donors (Lipinski definition) is 1. The third-order valence-corrected chi connectivity index (χ3v) is 6.34. The van der Waals surface area contributed by atoms with Crippen molar-refractivity contribution in [2.45, 2.75) is 13.0 Å². The van der Waals surface area contributed by atoms with Crippen LogP contribution in [-0.4, -0.2) is 14.2 Å². The zero-order valence-corrected chi connectivity index (χ0v) is 13.9. The molecule has 0 saturated carbocycles. The smallest absolute Gasteiger partial charge is 0.0594 e. The highest BCUT2D eigenvalue weighted by Crippen LogP contribution is 2.46. The van der Waals surface area contributed by atoms with E-state index in [4.69, 9.17) is 7.57 Å². The molecule has 0 saturated heterocycles. The van der Waals surface area contributed by atoms with Crippen molar-refractivity contribution >= 4 is 30.9 Å². The molecule has 22 heavy (non-hydrogen) atoms. The molecule has 1 nitrogen and oxygen atoms in total. The molecule has 0 aliphatic rings. The number of nitrogens with one attached hydrogen (secondary N) is 1. The van der Waals surface area contributed by atoms with Crippen LogP contribution >= 0.6 is 7.29 Å². The van der Waals surface area contributed by atoms with Crippen LogP contribution in [0.1, 0.15) is 18.5 Å². The maximum absolute atomic E-state index is 6.62. The van der Waals surface area contributed by atoms with Crippen molar-refractivity contribution in [1.29, 1.82) is 0 Å².